The minimum Gasteiger partial charge on any atom is -0.393 e. The Labute approximate surface area is 177 Å². The summed E-state index contributed by atoms with van der Waals surface area (Å²) in [6, 6.07) is 6.80. The van der Waals surface area contributed by atoms with E-state index in [1.165, 1.54) is 19.2 Å². The van der Waals surface area contributed by atoms with E-state index in [4.69, 9.17) is 5.11 Å². The van der Waals surface area contributed by atoms with Gasteiger partial charge in [-0.05, 0) is 50.1 Å². The summed E-state index contributed by atoms with van der Waals surface area (Å²) in [5, 5.41) is 25.8. The van der Waals surface area contributed by atoms with Crippen LogP contribution < -0.4 is 10.2 Å². The van der Waals surface area contributed by atoms with Crippen molar-refractivity contribution in [3.63, 3.8) is 0 Å². The number of benzene rings is 1. The average Bonchev–Trinajstić information content (AvgIpc) is 3.40. The Kier molecular flexibility index (Phi) is 5.63. The fourth-order valence-electron chi connectivity index (χ4n) is 3.91. The first-order valence-corrected chi connectivity index (χ1v) is 10.1. The highest BCUT2D eigenvalue weighted by atomic mass is 19.1. The van der Waals surface area contributed by atoms with Gasteiger partial charge in [0.1, 0.15) is 17.2 Å². The Bertz CT molecular complexity index is 1120. The van der Waals surface area contributed by atoms with Crippen LogP contribution in [0.2, 0.25) is 0 Å². The first-order chi connectivity index (χ1) is 14.8. The molecule has 9 heteroatoms. The highest BCUT2D eigenvalue weighted by Gasteiger charge is 2.29. The molecule has 3 aromatic rings. The number of aliphatic hydroxyl groups excluding tert-OH is 1. The topological polar surface area (TPSA) is 90.1 Å². The molecule has 0 aliphatic carbocycles. The van der Waals surface area contributed by atoms with Crippen molar-refractivity contribution in [3.05, 3.63) is 65.5 Å². The van der Waals surface area contributed by atoms with Crippen molar-refractivity contribution < 1.29 is 23.8 Å². The molecule has 0 spiro atoms. The van der Waals surface area contributed by atoms with Crippen molar-refractivity contribution in [3.8, 4) is 0 Å². The lowest BCUT2D eigenvalue weighted by atomic mass is 10.0. The second kappa shape index (κ2) is 8.24. The first-order valence-electron chi connectivity index (χ1n) is 10.1. The molecule has 2 aromatic heterocycles. The van der Waals surface area contributed by atoms with Crippen molar-refractivity contribution in [2.45, 2.75) is 31.4 Å². The second-order valence-electron chi connectivity index (χ2n) is 8.13. The minimum absolute atomic E-state index is 0.119. The SMILES string of the molecule is CC(O)(CO)CNC(=O)c1cnn2ccc(N3CCCC3c3cc(F)ccc3F)cc12. The van der Waals surface area contributed by atoms with Gasteiger partial charge in [0, 0.05) is 30.5 Å². The zero-order valence-corrected chi connectivity index (χ0v) is 17.1. The molecule has 1 aliphatic rings. The monoisotopic (exact) mass is 430 g/mol. The molecule has 4 rings (SSSR count). The standard InChI is InChI=1S/C22H24F2N4O3/c1-22(31,13-29)12-25-21(30)17-11-26-28-8-6-15(10-20(17)28)27-7-2-3-19(27)16-9-14(23)4-5-18(16)24/h4-6,8-11,19,29,31H,2-3,7,12-13H2,1H3,(H,25,30). The first kappa shape index (κ1) is 21.2. The molecule has 1 aromatic carbocycles. The van der Waals surface area contributed by atoms with Gasteiger partial charge in [0.2, 0.25) is 0 Å². The quantitative estimate of drug-likeness (QED) is 0.559. The third-order valence-corrected chi connectivity index (χ3v) is 5.62. The summed E-state index contributed by atoms with van der Waals surface area (Å²) in [7, 11) is 0. The Balaban J connectivity index is 1.64. The van der Waals surface area contributed by atoms with Crippen molar-refractivity contribution >= 4 is 17.1 Å². The third kappa shape index (κ3) is 4.24. The van der Waals surface area contributed by atoms with Crippen LogP contribution in [0.15, 0.2) is 42.7 Å². The predicted molar refractivity (Wildman–Crippen MR) is 111 cm³/mol. The molecule has 3 N–H and O–H groups in total. The van der Waals surface area contributed by atoms with Crippen LogP contribution in [0.5, 0.6) is 0 Å². The second-order valence-corrected chi connectivity index (χ2v) is 8.13. The fourth-order valence-corrected chi connectivity index (χ4v) is 3.91. The largest absolute Gasteiger partial charge is 0.393 e. The van der Waals surface area contributed by atoms with Gasteiger partial charge >= 0.3 is 0 Å². The lowest BCUT2D eigenvalue weighted by molar-refractivity contribution is 0.00321. The Morgan fingerprint density at radius 2 is 2.13 bits per heavy atom. The molecule has 3 heterocycles. The molecule has 0 saturated carbocycles. The maximum Gasteiger partial charge on any atom is 0.255 e. The molecule has 1 amide bonds. The molecule has 0 bridgehead atoms. The van der Waals surface area contributed by atoms with Gasteiger partial charge in [0.05, 0.1) is 29.9 Å². The van der Waals surface area contributed by atoms with Crippen LogP contribution in [-0.2, 0) is 0 Å². The van der Waals surface area contributed by atoms with Crippen LogP contribution >= 0.6 is 0 Å². The zero-order valence-electron chi connectivity index (χ0n) is 17.1. The summed E-state index contributed by atoms with van der Waals surface area (Å²) in [4.78, 5) is 14.6. The summed E-state index contributed by atoms with van der Waals surface area (Å²) in [5.74, 6) is -1.36. The van der Waals surface area contributed by atoms with Gasteiger partial charge in [-0.1, -0.05) is 0 Å². The molecular formula is C22H24F2N4O3. The molecular weight excluding hydrogens is 406 g/mol. The summed E-state index contributed by atoms with van der Waals surface area (Å²) >= 11 is 0. The number of anilines is 1. The molecule has 0 radical (unpaired) electrons. The maximum absolute atomic E-state index is 14.4. The molecule has 31 heavy (non-hydrogen) atoms. The maximum atomic E-state index is 14.4. The van der Waals surface area contributed by atoms with E-state index in [0.717, 1.165) is 24.2 Å². The van der Waals surface area contributed by atoms with E-state index in [1.807, 2.05) is 11.0 Å². The highest BCUT2D eigenvalue weighted by molar-refractivity contribution is 6.01. The van der Waals surface area contributed by atoms with E-state index in [9.17, 15) is 18.7 Å². The number of carbonyl (C=O) groups is 1. The van der Waals surface area contributed by atoms with Crippen molar-refractivity contribution in [1.82, 2.24) is 14.9 Å². The minimum atomic E-state index is -1.43. The number of amides is 1. The van der Waals surface area contributed by atoms with Gasteiger partial charge in [-0.2, -0.15) is 5.10 Å². The van der Waals surface area contributed by atoms with E-state index in [0.29, 0.717) is 29.6 Å². The number of carbonyl (C=O) groups excluding carboxylic acids is 1. The molecule has 1 aliphatic heterocycles. The van der Waals surface area contributed by atoms with Gasteiger partial charge < -0.3 is 20.4 Å². The molecule has 1 saturated heterocycles. The number of pyridine rings is 1. The highest BCUT2D eigenvalue weighted by Crippen LogP contribution is 2.38. The molecule has 7 nitrogen and oxygen atoms in total. The summed E-state index contributed by atoms with van der Waals surface area (Å²) in [6.07, 6.45) is 4.65. The van der Waals surface area contributed by atoms with Crippen LogP contribution in [0.4, 0.5) is 14.5 Å². The fraction of sp³-hybridized carbons (Fsp3) is 0.364. The van der Waals surface area contributed by atoms with Gasteiger partial charge in [0.25, 0.3) is 5.91 Å². The Hall–Kier alpha value is -3.04. The average molecular weight is 430 g/mol. The van der Waals surface area contributed by atoms with Crippen molar-refractivity contribution in [1.29, 1.82) is 0 Å². The van der Waals surface area contributed by atoms with Crippen molar-refractivity contribution in [2.24, 2.45) is 0 Å². The predicted octanol–water partition coefficient (Wildman–Crippen LogP) is 2.43. The lowest BCUT2D eigenvalue weighted by Gasteiger charge is -2.27. The Morgan fingerprint density at radius 1 is 1.32 bits per heavy atom. The van der Waals surface area contributed by atoms with E-state index in [2.05, 4.69) is 10.4 Å². The van der Waals surface area contributed by atoms with Crippen molar-refractivity contribution in [2.75, 3.05) is 24.6 Å². The number of aromatic nitrogens is 2. The number of aliphatic hydroxyl groups is 2. The number of nitrogens with one attached hydrogen (secondary N) is 1. The van der Waals surface area contributed by atoms with Gasteiger partial charge in [-0.15, -0.1) is 0 Å². The lowest BCUT2D eigenvalue weighted by Crippen LogP contribution is -2.43. The Morgan fingerprint density at radius 3 is 2.90 bits per heavy atom. The van der Waals surface area contributed by atoms with E-state index in [1.54, 1.807) is 16.8 Å². The number of halogens is 2. The zero-order chi connectivity index (χ0) is 22.2. The summed E-state index contributed by atoms with van der Waals surface area (Å²) < 4.78 is 29.7. The van der Waals surface area contributed by atoms with Gasteiger partial charge in [-0.25, -0.2) is 13.3 Å². The van der Waals surface area contributed by atoms with Gasteiger partial charge in [0.15, 0.2) is 0 Å². The van der Waals surface area contributed by atoms with E-state index in [-0.39, 0.29) is 12.6 Å². The molecule has 164 valence electrons. The normalized spacial score (nSPS) is 18.4. The van der Waals surface area contributed by atoms with Crippen LogP contribution in [0.3, 0.4) is 0 Å². The molecule has 1 fully saturated rings. The van der Waals surface area contributed by atoms with Crippen LogP contribution in [0, 0.1) is 11.6 Å². The molecule has 2 unspecified atom stereocenters. The summed E-state index contributed by atoms with van der Waals surface area (Å²) in [5.41, 5.74) is 0.514. The molecule has 2 atom stereocenters. The number of hydrogen-bond donors (Lipinski definition) is 3. The number of fused-ring (bicyclic) bond motifs is 1. The number of nitrogens with zero attached hydrogens (tertiary/aromatic N) is 3. The smallest absolute Gasteiger partial charge is 0.255 e. The van der Waals surface area contributed by atoms with Crippen LogP contribution in [0.25, 0.3) is 5.52 Å². The van der Waals surface area contributed by atoms with Crippen LogP contribution in [0.1, 0.15) is 41.7 Å². The number of rotatable bonds is 6. The van der Waals surface area contributed by atoms with E-state index >= 15 is 0 Å². The van der Waals surface area contributed by atoms with E-state index < -0.39 is 29.7 Å². The van der Waals surface area contributed by atoms with Crippen LogP contribution in [-0.4, -0.2) is 51.0 Å². The number of hydrogen-bond acceptors (Lipinski definition) is 5. The van der Waals surface area contributed by atoms with Gasteiger partial charge in [-0.3, -0.25) is 4.79 Å². The summed E-state index contributed by atoms with van der Waals surface area (Å²) in [6.45, 7) is 1.48. The third-order valence-electron chi connectivity index (χ3n) is 5.62.